The van der Waals surface area contributed by atoms with Gasteiger partial charge in [0.15, 0.2) is 5.96 Å². The summed E-state index contributed by atoms with van der Waals surface area (Å²) < 4.78 is 42.2. The van der Waals surface area contributed by atoms with Crippen LogP contribution in [0, 0.1) is 0 Å². The van der Waals surface area contributed by atoms with Crippen molar-refractivity contribution in [3.8, 4) is 0 Å². The van der Waals surface area contributed by atoms with Crippen molar-refractivity contribution in [3.05, 3.63) is 30.4 Å². The van der Waals surface area contributed by atoms with E-state index < -0.39 is 24.0 Å². The first kappa shape index (κ1) is 21.6. The highest BCUT2D eigenvalue weighted by molar-refractivity contribution is 5.80. The van der Waals surface area contributed by atoms with Gasteiger partial charge < -0.3 is 19.9 Å². The molecular weight excluding hydrogens is 385 g/mol. The second kappa shape index (κ2) is 8.74. The molecule has 3 rings (SSSR count). The van der Waals surface area contributed by atoms with Gasteiger partial charge in [-0.05, 0) is 13.3 Å². The number of guanidine groups is 1. The maximum atomic E-state index is 13.7. The first-order valence-corrected chi connectivity index (χ1v) is 9.95. The van der Waals surface area contributed by atoms with Crippen LogP contribution in [0.15, 0.2) is 29.5 Å². The summed E-state index contributed by atoms with van der Waals surface area (Å²) in [6, 6.07) is 0.411. The van der Waals surface area contributed by atoms with Crippen molar-refractivity contribution in [1.82, 2.24) is 24.7 Å². The van der Waals surface area contributed by atoms with Crippen molar-refractivity contribution in [1.29, 1.82) is 0 Å². The third kappa shape index (κ3) is 4.58. The van der Waals surface area contributed by atoms with Gasteiger partial charge >= 0.3 is 6.18 Å². The van der Waals surface area contributed by atoms with Crippen LogP contribution in [-0.2, 0) is 12.6 Å². The van der Waals surface area contributed by atoms with E-state index in [1.807, 2.05) is 6.92 Å². The number of hydrogen-bond donors (Lipinski definition) is 2. The van der Waals surface area contributed by atoms with Gasteiger partial charge in [0.2, 0.25) is 5.60 Å². The van der Waals surface area contributed by atoms with Crippen LogP contribution in [0.2, 0.25) is 0 Å². The molecule has 3 heterocycles. The molecule has 7 nitrogen and oxygen atoms in total. The van der Waals surface area contributed by atoms with Gasteiger partial charge in [-0.25, -0.2) is 4.98 Å². The van der Waals surface area contributed by atoms with E-state index in [-0.39, 0.29) is 6.54 Å². The molecule has 1 aromatic heterocycles. The number of aliphatic hydroxyl groups is 1. The highest BCUT2D eigenvalue weighted by Crippen LogP contribution is 2.40. The Balaban J connectivity index is 1.68. The van der Waals surface area contributed by atoms with Crippen molar-refractivity contribution in [2.45, 2.75) is 37.6 Å². The first-order valence-electron chi connectivity index (χ1n) is 9.95. The van der Waals surface area contributed by atoms with Crippen LogP contribution < -0.4 is 5.32 Å². The number of nitrogens with one attached hydrogen (secondary N) is 1. The lowest BCUT2D eigenvalue weighted by molar-refractivity contribution is -0.272. The van der Waals surface area contributed by atoms with Crippen LogP contribution in [0.25, 0.3) is 0 Å². The summed E-state index contributed by atoms with van der Waals surface area (Å²) in [6.07, 6.45) is 2.49. The molecule has 1 fully saturated rings. The Labute approximate surface area is 168 Å². The van der Waals surface area contributed by atoms with E-state index in [2.05, 4.69) is 37.2 Å². The van der Waals surface area contributed by atoms with Crippen LogP contribution in [0.4, 0.5) is 13.2 Å². The minimum atomic E-state index is -4.85. The predicted molar refractivity (Wildman–Crippen MR) is 104 cm³/mol. The lowest BCUT2D eigenvalue weighted by Gasteiger charge is -2.30. The van der Waals surface area contributed by atoms with E-state index in [0.29, 0.717) is 18.5 Å². The molecule has 1 saturated heterocycles. The van der Waals surface area contributed by atoms with Crippen LogP contribution in [0.1, 0.15) is 25.6 Å². The number of aliphatic imine (C=N–C) groups is 1. The monoisotopic (exact) mass is 414 g/mol. The quantitative estimate of drug-likeness (QED) is 0.419. The van der Waals surface area contributed by atoms with E-state index >= 15 is 0 Å². The van der Waals surface area contributed by atoms with E-state index in [1.165, 1.54) is 24.0 Å². The molecule has 0 saturated carbocycles. The Kier molecular flexibility index (Phi) is 6.52. The van der Waals surface area contributed by atoms with Crippen molar-refractivity contribution in [2.75, 3.05) is 39.3 Å². The van der Waals surface area contributed by atoms with Crippen LogP contribution in [-0.4, -0.2) is 81.9 Å². The summed E-state index contributed by atoms with van der Waals surface area (Å²) in [7, 11) is 1.43. The molecule has 29 heavy (non-hydrogen) atoms. The predicted octanol–water partition coefficient (Wildman–Crippen LogP) is 1.47. The zero-order chi connectivity index (χ0) is 21.1. The van der Waals surface area contributed by atoms with Gasteiger partial charge in [0.05, 0.1) is 0 Å². The molecule has 0 spiro atoms. The highest BCUT2D eigenvalue weighted by atomic mass is 19.4. The molecule has 2 aliphatic heterocycles. The topological polar surface area (TPSA) is 68.9 Å². The standard InChI is InChI=1S/C19H29F3N6O/c1-3-23-17(28-12-6-15(14-28)27-10-4-5-11-27)25-8-7-18(29,19(20,21)22)16-24-9-13-26(16)2/h4-5,9,13,15,29H,3,6-8,10-12,14H2,1-2H3,(H,23,25). The zero-order valence-electron chi connectivity index (χ0n) is 16.9. The summed E-state index contributed by atoms with van der Waals surface area (Å²) in [4.78, 5) is 12.6. The smallest absolute Gasteiger partial charge is 0.374 e. The third-order valence-corrected chi connectivity index (χ3v) is 5.56. The van der Waals surface area contributed by atoms with E-state index in [9.17, 15) is 18.3 Å². The second-order valence-corrected chi connectivity index (χ2v) is 7.52. The van der Waals surface area contributed by atoms with Crippen LogP contribution >= 0.6 is 0 Å². The molecular formula is C19H29F3N6O. The number of hydrogen-bond acceptors (Lipinski definition) is 4. The fourth-order valence-electron chi connectivity index (χ4n) is 3.92. The van der Waals surface area contributed by atoms with Gasteiger partial charge in [0.1, 0.15) is 5.82 Å². The Hall–Kier alpha value is -2.07. The van der Waals surface area contributed by atoms with Gasteiger partial charge in [-0.3, -0.25) is 9.89 Å². The Morgan fingerprint density at radius 3 is 2.66 bits per heavy atom. The third-order valence-electron chi connectivity index (χ3n) is 5.56. The average molecular weight is 414 g/mol. The van der Waals surface area contributed by atoms with Crippen LogP contribution in [0.3, 0.4) is 0 Å². The maximum absolute atomic E-state index is 13.7. The molecule has 2 unspecified atom stereocenters. The number of imidazole rings is 1. The fourth-order valence-corrected chi connectivity index (χ4v) is 3.92. The fraction of sp³-hybridized carbons (Fsp3) is 0.684. The van der Waals surface area contributed by atoms with Crippen molar-refractivity contribution >= 4 is 5.96 Å². The normalized spacial score (nSPS) is 23.0. The molecule has 0 radical (unpaired) electrons. The molecule has 2 atom stereocenters. The molecule has 0 amide bonds. The SMILES string of the molecule is CCNC(=NCCC(O)(c1nccn1C)C(F)(F)F)N1CCC(N2CC=CC2)C1. The summed E-state index contributed by atoms with van der Waals surface area (Å²) in [5.74, 6) is 0.166. The molecule has 162 valence electrons. The summed E-state index contributed by atoms with van der Waals surface area (Å²) in [5.41, 5.74) is -3.04. The number of likely N-dealkylation sites (tertiary alicyclic amines) is 1. The largest absolute Gasteiger partial charge is 0.424 e. The van der Waals surface area contributed by atoms with E-state index in [0.717, 1.165) is 32.6 Å². The zero-order valence-corrected chi connectivity index (χ0v) is 16.9. The Morgan fingerprint density at radius 1 is 1.34 bits per heavy atom. The van der Waals surface area contributed by atoms with Crippen molar-refractivity contribution in [2.24, 2.45) is 12.0 Å². The average Bonchev–Trinajstić information content (AvgIpc) is 3.40. The lowest BCUT2D eigenvalue weighted by atomic mass is 9.98. The number of rotatable bonds is 6. The van der Waals surface area contributed by atoms with Crippen LogP contribution in [0.5, 0.6) is 0 Å². The highest BCUT2D eigenvalue weighted by Gasteiger charge is 2.57. The van der Waals surface area contributed by atoms with Crippen molar-refractivity contribution < 1.29 is 18.3 Å². The molecule has 0 aromatic carbocycles. The summed E-state index contributed by atoms with van der Waals surface area (Å²) >= 11 is 0. The second-order valence-electron chi connectivity index (χ2n) is 7.52. The maximum Gasteiger partial charge on any atom is 0.424 e. The molecule has 2 aliphatic rings. The summed E-state index contributed by atoms with van der Waals surface area (Å²) in [5, 5.41) is 13.6. The molecule has 1 aromatic rings. The number of alkyl halides is 3. The number of aromatic nitrogens is 2. The number of aryl methyl sites for hydroxylation is 1. The molecule has 10 heteroatoms. The minimum absolute atomic E-state index is 0.169. The molecule has 2 N–H and O–H groups in total. The van der Waals surface area contributed by atoms with Gasteiger partial charge in [0.25, 0.3) is 0 Å². The first-order chi connectivity index (χ1) is 13.8. The summed E-state index contributed by atoms with van der Waals surface area (Å²) in [6.45, 7) is 5.84. The molecule has 0 bridgehead atoms. The van der Waals surface area contributed by atoms with Gasteiger partial charge in [-0.2, -0.15) is 13.2 Å². The van der Waals surface area contributed by atoms with Gasteiger partial charge in [0, 0.05) is 71.2 Å². The minimum Gasteiger partial charge on any atom is -0.374 e. The number of nitrogens with zero attached hydrogens (tertiary/aromatic N) is 5. The Morgan fingerprint density at radius 2 is 2.07 bits per heavy atom. The van der Waals surface area contributed by atoms with E-state index in [1.54, 1.807) is 0 Å². The van der Waals surface area contributed by atoms with E-state index in [4.69, 9.17) is 0 Å². The van der Waals surface area contributed by atoms with Gasteiger partial charge in [-0.1, -0.05) is 12.2 Å². The Bertz CT molecular complexity index is 739. The van der Waals surface area contributed by atoms with Crippen molar-refractivity contribution in [3.63, 3.8) is 0 Å². The van der Waals surface area contributed by atoms with Gasteiger partial charge in [-0.15, -0.1) is 0 Å². The lowest BCUT2D eigenvalue weighted by Crippen LogP contribution is -2.46. The number of halogens is 3. The molecule has 0 aliphatic carbocycles.